The Hall–Kier alpha value is -1.06. The average Bonchev–Trinajstić information content (AvgIpc) is 2.34. The van der Waals surface area contributed by atoms with Crippen molar-refractivity contribution < 1.29 is 9.16 Å². The molecule has 16 heavy (non-hydrogen) atoms. The molecule has 3 heteroatoms. The Morgan fingerprint density at radius 1 is 1.44 bits per heavy atom. The van der Waals surface area contributed by atoms with E-state index >= 15 is 0 Å². The second kappa shape index (κ2) is 7.25. The van der Waals surface area contributed by atoms with Gasteiger partial charge in [-0.3, -0.25) is 0 Å². The molecule has 1 rings (SSSR count). The molecule has 2 nitrogen and oxygen atoms in total. The normalized spacial score (nSPS) is 12.9. The van der Waals surface area contributed by atoms with E-state index in [-0.39, 0.29) is 0 Å². The van der Waals surface area contributed by atoms with Gasteiger partial charge in [-0.05, 0) is 13.0 Å². The first-order chi connectivity index (χ1) is 7.77. The third kappa shape index (κ3) is 4.21. The lowest BCUT2D eigenvalue weighted by Crippen LogP contribution is -2.14. The topological polar surface area (TPSA) is 18.5 Å². The summed E-state index contributed by atoms with van der Waals surface area (Å²) in [6.07, 6.45) is 1.83. The van der Waals surface area contributed by atoms with Crippen molar-refractivity contribution in [3.05, 3.63) is 36.4 Å². The third-order valence-electron chi connectivity index (χ3n) is 2.27. The minimum Gasteiger partial charge on any atom is -0.549 e. The number of ether oxygens (including phenoxy) is 1. The summed E-state index contributed by atoms with van der Waals surface area (Å²) in [5, 5.41) is 0. The summed E-state index contributed by atoms with van der Waals surface area (Å²) in [6.45, 7) is 9.56. The summed E-state index contributed by atoms with van der Waals surface area (Å²) < 4.78 is 11.2. The van der Waals surface area contributed by atoms with E-state index in [9.17, 15) is 0 Å². The summed E-state index contributed by atoms with van der Waals surface area (Å²) >= 11 is 0. The van der Waals surface area contributed by atoms with Gasteiger partial charge in [0.15, 0.2) is 0 Å². The molecule has 0 aliphatic carbocycles. The van der Waals surface area contributed by atoms with Crippen molar-refractivity contribution in [1.29, 1.82) is 0 Å². The standard InChI is InChI=1S/C13H20O2Si/c1-4-12-8-6-7-9-13(12)15-16-11(3)10-14-5-2/h4,6-9,11H,1,5,10,16H2,2-3H3. The second-order valence-corrected chi connectivity index (χ2v) is 5.83. The highest BCUT2D eigenvalue weighted by atomic mass is 28.2. The van der Waals surface area contributed by atoms with Gasteiger partial charge in [-0.25, -0.2) is 0 Å². The lowest BCUT2D eigenvalue weighted by molar-refractivity contribution is 0.146. The molecule has 0 N–H and O–H groups in total. The van der Waals surface area contributed by atoms with Gasteiger partial charge < -0.3 is 9.16 Å². The van der Waals surface area contributed by atoms with Crippen LogP contribution in [0.1, 0.15) is 19.4 Å². The van der Waals surface area contributed by atoms with Gasteiger partial charge in [0.25, 0.3) is 0 Å². The largest absolute Gasteiger partial charge is 0.549 e. The van der Waals surface area contributed by atoms with Crippen molar-refractivity contribution in [1.82, 2.24) is 0 Å². The molecular formula is C13H20O2Si. The number of hydrogen-bond acceptors (Lipinski definition) is 2. The zero-order valence-corrected chi connectivity index (χ0v) is 11.5. The fourth-order valence-corrected chi connectivity index (χ4v) is 2.37. The van der Waals surface area contributed by atoms with Crippen LogP contribution in [0, 0.1) is 0 Å². The first-order valence-corrected chi connectivity index (χ1v) is 7.09. The molecule has 1 aromatic rings. The minimum atomic E-state index is -0.586. The highest BCUT2D eigenvalue weighted by Crippen LogP contribution is 2.19. The van der Waals surface area contributed by atoms with E-state index in [0.29, 0.717) is 5.54 Å². The van der Waals surface area contributed by atoms with Gasteiger partial charge in [0.05, 0.1) is 0 Å². The van der Waals surface area contributed by atoms with Crippen LogP contribution in [-0.4, -0.2) is 23.0 Å². The molecule has 1 aromatic carbocycles. The predicted octanol–water partition coefficient (Wildman–Crippen LogP) is 2.64. The Morgan fingerprint density at radius 2 is 2.19 bits per heavy atom. The van der Waals surface area contributed by atoms with Crippen LogP contribution in [0.4, 0.5) is 0 Å². The summed E-state index contributed by atoms with van der Waals surface area (Å²) in [5.74, 6) is 0.951. The molecule has 1 atom stereocenters. The number of benzene rings is 1. The van der Waals surface area contributed by atoms with E-state index in [4.69, 9.17) is 9.16 Å². The van der Waals surface area contributed by atoms with Crippen molar-refractivity contribution >= 4 is 15.8 Å². The van der Waals surface area contributed by atoms with Crippen LogP contribution >= 0.6 is 0 Å². The molecule has 0 fully saturated rings. The first-order valence-electron chi connectivity index (χ1n) is 5.70. The fourth-order valence-electron chi connectivity index (χ4n) is 1.38. The molecule has 0 aliphatic rings. The lowest BCUT2D eigenvalue weighted by Gasteiger charge is -2.14. The van der Waals surface area contributed by atoms with E-state index in [1.807, 2.05) is 37.3 Å². The van der Waals surface area contributed by atoms with Crippen molar-refractivity contribution in [2.45, 2.75) is 19.4 Å². The molecule has 0 saturated carbocycles. The monoisotopic (exact) mass is 236 g/mol. The van der Waals surface area contributed by atoms with Crippen molar-refractivity contribution in [2.75, 3.05) is 13.2 Å². The molecule has 88 valence electrons. The van der Waals surface area contributed by atoms with Gasteiger partial charge in [-0.2, -0.15) is 0 Å². The van der Waals surface area contributed by atoms with E-state index < -0.39 is 9.76 Å². The Bertz CT molecular complexity index is 325. The Morgan fingerprint density at radius 3 is 2.88 bits per heavy atom. The van der Waals surface area contributed by atoms with Crippen LogP contribution in [0.25, 0.3) is 6.08 Å². The number of hydrogen-bond donors (Lipinski definition) is 0. The maximum absolute atomic E-state index is 5.87. The van der Waals surface area contributed by atoms with Crippen molar-refractivity contribution in [3.63, 3.8) is 0 Å². The lowest BCUT2D eigenvalue weighted by atomic mass is 10.2. The third-order valence-corrected chi connectivity index (χ3v) is 3.55. The summed E-state index contributed by atoms with van der Waals surface area (Å²) in [5.41, 5.74) is 1.61. The minimum absolute atomic E-state index is 0.540. The SMILES string of the molecule is C=Cc1ccccc1O[SiH2]C(C)COCC. The fraction of sp³-hybridized carbons (Fsp3) is 0.385. The Balaban J connectivity index is 2.44. The second-order valence-electron chi connectivity index (χ2n) is 3.82. The molecule has 0 aliphatic heterocycles. The maximum Gasteiger partial charge on any atom is 0.224 e. The van der Waals surface area contributed by atoms with Gasteiger partial charge in [-0.1, -0.05) is 37.8 Å². The molecule has 0 spiro atoms. The molecule has 0 heterocycles. The van der Waals surface area contributed by atoms with E-state index in [0.717, 1.165) is 24.5 Å². The van der Waals surface area contributed by atoms with Gasteiger partial charge in [0.1, 0.15) is 5.75 Å². The predicted molar refractivity (Wildman–Crippen MR) is 71.6 cm³/mol. The zero-order valence-electron chi connectivity index (χ0n) is 10.1. The molecular weight excluding hydrogens is 216 g/mol. The van der Waals surface area contributed by atoms with Gasteiger partial charge >= 0.3 is 0 Å². The number of para-hydroxylation sites is 1. The highest BCUT2D eigenvalue weighted by Gasteiger charge is 2.06. The van der Waals surface area contributed by atoms with Crippen molar-refractivity contribution in [2.24, 2.45) is 0 Å². The molecule has 1 unspecified atom stereocenters. The maximum atomic E-state index is 5.87. The zero-order chi connectivity index (χ0) is 11.8. The smallest absolute Gasteiger partial charge is 0.224 e. The van der Waals surface area contributed by atoms with E-state index in [1.165, 1.54) is 0 Å². The molecule has 0 aromatic heterocycles. The van der Waals surface area contributed by atoms with Gasteiger partial charge in [-0.15, -0.1) is 0 Å². The van der Waals surface area contributed by atoms with Gasteiger partial charge in [0.2, 0.25) is 9.76 Å². The van der Waals surface area contributed by atoms with E-state index in [2.05, 4.69) is 13.5 Å². The van der Waals surface area contributed by atoms with Crippen LogP contribution in [0.3, 0.4) is 0 Å². The molecule has 0 saturated heterocycles. The first kappa shape index (κ1) is 13.0. The molecule has 0 amide bonds. The Kier molecular flexibility index (Phi) is 5.89. The molecule has 0 bridgehead atoms. The summed E-state index contributed by atoms with van der Waals surface area (Å²) in [7, 11) is -0.586. The highest BCUT2D eigenvalue weighted by molar-refractivity contribution is 6.30. The van der Waals surface area contributed by atoms with Crippen LogP contribution in [-0.2, 0) is 4.74 Å². The van der Waals surface area contributed by atoms with Crippen molar-refractivity contribution in [3.8, 4) is 5.75 Å². The average molecular weight is 236 g/mol. The van der Waals surface area contributed by atoms with Crippen LogP contribution in [0.5, 0.6) is 5.75 Å². The summed E-state index contributed by atoms with van der Waals surface area (Å²) in [4.78, 5) is 0. The van der Waals surface area contributed by atoms with Gasteiger partial charge in [0, 0.05) is 24.3 Å². The van der Waals surface area contributed by atoms with Crippen LogP contribution < -0.4 is 4.43 Å². The van der Waals surface area contributed by atoms with E-state index in [1.54, 1.807) is 0 Å². The quantitative estimate of drug-likeness (QED) is 0.678. The number of rotatable bonds is 7. The molecule has 0 radical (unpaired) electrons. The summed E-state index contributed by atoms with van der Waals surface area (Å²) in [6, 6.07) is 8.00. The van der Waals surface area contributed by atoms with Crippen LogP contribution in [0.15, 0.2) is 30.8 Å². The Labute approximate surface area is 100 Å². The van der Waals surface area contributed by atoms with Crippen LogP contribution in [0.2, 0.25) is 5.54 Å².